The Morgan fingerprint density at radius 3 is 2.40 bits per heavy atom. The first-order valence-electron chi connectivity index (χ1n) is 5.08. The van der Waals surface area contributed by atoms with Crippen LogP contribution in [0.15, 0.2) is 30.3 Å². The summed E-state index contributed by atoms with van der Waals surface area (Å²) in [6.07, 6.45) is 0. The monoisotopic (exact) mass is 207 g/mol. The van der Waals surface area contributed by atoms with Gasteiger partial charge in [-0.1, -0.05) is 30.3 Å². The number of nitrogens with zero attached hydrogens (tertiary/aromatic N) is 1. The van der Waals surface area contributed by atoms with Crippen LogP contribution >= 0.6 is 0 Å². The molecule has 0 aliphatic rings. The van der Waals surface area contributed by atoms with Crippen LogP contribution < -0.4 is 0 Å². The molecule has 0 unspecified atom stereocenters. The van der Waals surface area contributed by atoms with E-state index in [0.717, 1.165) is 5.56 Å². The summed E-state index contributed by atoms with van der Waals surface area (Å²) in [6, 6.07) is 10.1. The van der Waals surface area contributed by atoms with E-state index in [9.17, 15) is 4.79 Å². The van der Waals surface area contributed by atoms with Crippen molar-refractivity contribution in [1.29, 1.82) is 0 Å². The highest BCUT2D eigenvalue weighted by Crippen LogP contribution is 2.08. The van der Waals surface area contributed by atoms with Gasteiger partial charge in [0, 0.05) is 13.0 Å². The number of hydrogen-bond acceptors (Lipinski definition) is 3. The molecule has 0 saturated carbocycles. The topological polar surface area (TPSA) is 29.5 Å². The van der Waals surface area contributed by atoms with Crippen LogP contribution in [0, 0.1) is 0 Å². The minimum atomic E-state index is -0.278. The Morgan fingerprint density at radius 1 is 1.33 bits per heavy atom. The lowest BCUT2D eigenvalue weighted by Crippen LogP contribution is -2.32. The first kappa shape index (κ1) is 11.7. The van der Waals surface area contributed by atoms with E-state index in [2.05, 4.69) is 0 Å². The van der Waals surface area contributed by atoms with Crippen LogP contribution in [-0.4, -0.2) is 17.1 Å². The van der Waals surface area contributed by atoms with Crippen LogP contribution in [0.5, 0.6) is 0 Å². The van der Waals surface area contributed by atoms with Crippen molar-refractivity contribution >= 4 is 5.97 Å². The third kappa shape index (κ3) is 4.13. The Morgan fingerprint density at radius 2 is 1.93 bits per heavy atom. The van der Waals surface area contributed by atoms with E-state index in [1.54, 1.807) is 5.06 Å². The predicted octanol–water partition coefficient (Wildman–Crippen LogP) is 2.38. The van der Waals surface area contributed by atoms with Crippen LogP contribution in [0.2, 0.25) is 0 Å². The van der Waals surface area contributed by atoms with Crippen LogP contribution in [-0.2, 0) is 16.2 Å². The molecule has 0 aliphatic heterocycles. The van der Waals surface area contributed by atoms with Gasteiger partial charge in [-0.3, -0.25) is 4.79 Å². The molecule has 0 N–H and O–H groups in total. The van der Waals surface area contributed by atoms with Crippen molar-refractivity contribution < 1.29 is 9.63 Å². The summed E-state index contributed by atoms with van der Waals surface area (Å²) in [7, 11) is 0. The smallest absolute Gasteiger partial charge is 0.322 e. The molecule has 0 fully saturated rings. The fourth-order valence-electron chi connectivity index (χ4n) is 1.25. The first-order valence-corrected chi connectivity index (χ1v) is 5.08. The van der Waals surface area contributed by atoms with Gasteiger partial charge in [-0.15, -0.1) is 5.06 Å². The molecule has 1 rings (SSSR count). The molecule has 0 amide bonds. The van der Waals surface area contributed by atoms with Gasteiger partial charge in [-0.2, -0.15) is 0 Å². The van der Waals surface area contributed by atoms with Crippen LogP contribution in [0.1, 0.15) is 26.3 Å². The number of carbonyl (C=O) groups excluding carboxylic acids is 1. The zero-order chi connectivity index (χ0) is 11.3. The van der Waals surface area contributed by atoms with Gasteiger partial charge in [0.2, 0.25) is 0 Å². The third-order valence-electron chi connectivity index (χ3n) is 2.00. The van der Waals surface area contributed by atoms with E-state index >= 15 is 0 Å². The molecule has 0 radical (unpaired) electrons. The lowest BCUT2D eigenvalue weighted by Gasteiger charge is -2.24. The van der Waals surface area contributed by atoms with E-state index in [-0.39, 0.29) is 12.0 Å². The van der Waals surface area contributed by atoms with Gasteiger partial charge in [-0.25, -0.2) is 0 Å². The van der Waals surface area contributed by atoms with E-state index in [1.807, 2.05) is 44.2 Å². The molecule has 15 heavy (non-hydrogen) atoms. The van der Waals surface area contributed by atoms with Gasteiger partial charge in [0.15, 0.2) is 0 Å². The van der Waals surface area contributed by atoms with Crippen molar-refractivity contribution in [2.45, 2.75) is 33.4 Å². The number of rotatable bonds is 4. The maximum atomic E-state index is 10.9. The van der Waals surface area contributed by atoms with E-state index in [0.29, 0.717) is 6.54 Å². The second-order valence-corrected chi connectivity index (χ2v) is 3.74. The number of hydrogen-bond donors (Lipinski definition) is 0. The van der Waals surface area contributed by atoms with Crippen molar-refractivity contribution in [3.8, 4) is 0 Å². The second kappa shape index (κ2) is 5.51. The Hall–Kier alpha value is -1.35. The average Bonchev–Trinajstić information content (AvgIpc) is 2.17. The molecule has 0 aromatic heterocycles. The zero-order valence-corrected chi connectivity index (χ0v) is 9.43. The predicted molar refractivity (Wildman–Crippen MR) is 58.9 cm³/mol. The van der Waals surface area contributed by atoms with E-state index < -0.39 is 0 Å². The maximum absolute atomic E-state index is 10.9. The molecule has 0 saturated heterocycles. The molecule has 0 bridgehead atoms. The molecular weight excluding hydrogens is 190 g/mol. The molecule has 0 atom stereocenters. The molecular formula is C12H17NO2. The van der Waals surface area contributed by atoms with Crippen molar-refractivity contribution in [3.05, 3.63) is 35.9 Å². The van der Waals surface area contributed by atoms with Crippen LogP contribution in [0.3, 0.4) is 0 Å². The first-order chi connectivity index (χ1) is 7.09. The molecule has 3 heteroatoms. The highest BCUT2D eigenvalue weighted by atomic mass is 16.7. The molecule has 1 aromatic rings. The second-order valence-electron chi connectivity index (χ2n) is 3.74. The highest BCUT2D eigenvalue weighted by Gasteiger charge is 2.12. The van der Waals surface area contributed by atoms with Gasteiger partial charge in [-0.05, 0) is 19.4 Å². The lowest BCUT2D eigenvalue weighted by molar-refractivity contribution is -0.200. The van der Waals surface area contributed by atoms with Gasteiger partial charge < -0.3 is 4.84 Å². The number of hydroxylamine groups is 2. The SMILES string of the molecule is CC(=O)ON(Cc1ccccc1)C(C)C. The van der Waals surface area contributed by atoms with Gasteiger partial charge in [0.1, 0.15) is 0 Å². The number of benzene rings is 1. The van der Waals surface area contributed by atoms with Crippen molar-refractivity contribution in [3.63, 3.8) is 0 Å². The summed E-state index contributed by atoms with van der Waals surface area (Å²) in [6.45, 7) is 6.02. The molecule has 82 valence electrons. The van der Waals surface area contributed by atoms with Crippen molar-refractivity contribution in [1.82, 2.24) is 5.06 Å². The lowest BCUT2D eigenvalue weighted by atomic mass is 10.2. The zero-order valence-electron chi connectivity index (χ0n) is 9.43. The minimum Gasteiger partial charge on any atom is -0.368 e. The maximum Gasteiger partial charge on any atom is 0.322 e. The third-order valence-corrected chi connectivity index (χ3v) is 2.00. The normalized spacial score (nSPS) is 10.7. The fourth-order valence-corrected chi connectivity index (χ4v) is 1.25. The quantitative estimate of drug-likeness (QED) is 0.710. The largest absolute Gasteiger partial charge is 0.368 e. The van der Waals surface area contributed by atoms with E-state index in [1.165, 1.54) is 6.92 Å². The van der Waals surface area contributed by atoms with Gasteiger partial charge in [0.05, 0.1) is 6.54 Å². The standard InChI is InChI=1S/C12H17NO2/c1-10(2)13(15-11(3)14)9-12-7-5-4-6-8-12/h4-8,10H,9H2,1-3H3. The summed E-state index contributed by atoms with van der Waals surface area (Å²) in [5.41, 5.74) is 1.13. The van der Waals surface area contributed by atoms with Crippen molar-refractivity contribution in [2.24, 2.45) is 0 Å². The molecule has 3 nitrogen and oxygen atoms in total. The minimum absolute atomic E-state index is 0.175. The van der Waals surface area contributed by atoms with Gasteiger partial charge >= 0.3 is 5.97 Å². The molecule has 1 aromatic carbocycles. The Bertz CT molecular complexity index is 309. The summed E-state index contributed by atoms with van der Waals surface area (Å²) in [5.74, 6) is -0.278. The molecule has 0 aliphatic carbocycles. The Kier molecular flexibility index (Phi) is 4.31. The van der Waals surface area contributed by atoms with Crippen LogP contribution in [0.4, 0.5) is 0 Å². The van der Waals surface area contributed by atoms with Gasteiger partial charge in [0.25, 0.3) is 0 Å². The van der Waals surface area contributed by atoms with Crippen LogP contribution in [0.25, 0.3) is 0 Å². The van der Waals surface area contributed by atoms with Crippen molar-refractivity contribution in [2.75, 3.05) is 0 Å². The Balaban J connectivity index is 2.63. The highest BCUT2D eigenvalue weighted by molar-refractivity contribution is 5.65. The average molecular weight is 207 g/mol. The van der Waals surface area contributed by atoms with E-state index in [4.69, 9.17) is 4.84 Å². The fraction of sp³-hybridized carbons (Fsp3) is 0.417. The summed E-state index contributed by atoms with van der Waals surface area (Å²) in [5, 5.41) is 1.68. The number of carbonyl (C=O) groups is 1. The molecule has 0 heterocycles. The summed E-state index contributed by atoms with van der Waals surface area (Å²) >= 11 is 0. The molecule has 0 spiro atoms. The Labute approximate surface area is 90.6 Å². The summed E-state index contributed by atoms with van der Waals surface area (Å²) in [4.78, 5) is 16.0. The summed E-state index contributed by atoms with van der Waals surface area (Å²) < 4.78 is 0.